The van der Waals surface area contributed by atoms with Crippen LogP contribution in [0.5, 0.6) is 0 Å². The van der Waals surface area contributed by atoms with Gasteiger partial charge in [-0.05, 0) is 61.1 Å². The zero-order chi connectivity index (χ0) is 20.4. The van der Waals surface area contributed by atoms with Gasteiger partial charge in [-0.2, -0.15) is 0 Å². The second-order valence-electron chi connectivity index (χ2n) is 7.13. The molecule has 29 heavy (non-hydrogen) atoms. The van der Waals surface area contributed by atoms with E-state index in [4.69, 9.17) is 28.2 Å². The molecule has 0 N–H and O–H groups in total. The fraction of sp³-hybridized carbons (Fsp3) is 0.208. The van der Waals surface area contributed by atoms with Gasteiger partial charge in [0.1, 0.15) is 5.82 Å². The van der Waals surface area contributed by atoms with E-state index in [1.165, 1.54) is 16.0 Å². The number of thioether (sulfide) groups is 1. The SMILES string of the molecule is CCCSc1ccc2nc(-c3ccc(Cl)cc3Cl)n(Cc3ccc(C)cc3)c2c1. The molecule has 0 spiro atoms. The molecule has 0 aliphatic rings. The fourth-order valence-corrected chi connectivity index (χ4v) is 4.62. The first-order valence-corrected chi connectivity index (χ1v) is 11.4. The third-order valence-corrected chi connectivity index (χ3v) is 6.57. The molecule has 0 saturated carbocycles. The zero-order valence-electron chi connectivity index (χ0n) is 16.5. The largest absolute Gasteiger partial charge is 0.319 e. The third kappa shape index (κ3) is 4.48. The van der Waals surface area contributed by atoms with Crippen molar-refractivity contribution in [2.24, 2.45) is 0 Å². The van der Waals surface area contributed by atoms with Crippen molar-refractivity contribution in [2.45, 2.75) is 31.7 Å². The van der Waals surface area contributed by atoms with Gasteiger partial charge in [0, 0.05) is 22.0 Å². The second kappa shape index (κ2) is 8.83. The van der Waals surface area contributed by atoms with Crippen LogP contribution < -0.4 is 0 Å². The van der Waals surface area contributed by atoms with Crippen molar-refractivity contribution in [3.63, 3.8) is 0 Å². The van der Waals surface area contributed by atoms with Crippen LogP contribution >= 0.6 is 35.0 Å². The van der Waals surface area contributed by atoms with Gasteiger partial charge in [-0.3, -0.25) is 0 Å². The van der Waals surface area contributed by atoms with Crippen LogP contribution in [0.4, 0.5) is 0 Å². The molecule has 0 amide bonds. The van der Waals surface area contributed by atoms with Crippen molar-refractivity contribution < 1.29 is 0 Å². The number of imidazole rings is 1. The van der Waals surface area contributed by atoms with Crippen LogP contribution in [0, 0.1) is 6.92 Å². The number of aromatic nitrogens is 2. The molecule has 0 fully saturated rings. The van der Waals surface area contributed by atoms with Gasteiger partial charge in [-0.1, -0.05) is 60.0 Å². The van der Waals surface area contributed by atoms with Crippen LogP contribution in [0.3, 0.4) is 0 Å². The van der Waals surface area contributed by atoms with Crippen molar-refractivity contribution in [3.8, 4) is 11.4 Å². The van der Waals surface area contributed by atoms with E-state index in [1.807, 2.05) is 23.9 Å². The van der Waals surface area contributed by atoms with Gasteiger partial charge in [0.15, 0.2) is 0 Å². The normalized spacial score (nSPS) is 11.3. The van der Waals surface area contributed by atoms with Gasteiger partial charge in [0.2, 0.25) is 0 Å². The second-order valence-corrected chi connectivity index (χ2v) is 9.14. The molecule has 4 rings (SSSR count). The maximum absolute atomic E-state index is 6.55. The van der Waals surface area contributed by atoms with E-state index in [2.05, 4.69) is 60.9 Å². The van der Waals surface area contributed by atoms with E-state index in [0.717, 1.165) is 41.1 Å². The van der Waals surface area contributed by atoms with Gasteiger partial charge >= 0.3 is 0 Å². The molecule has 1 heterocycles. The molecular formula is C24H22Cl2N2S. The maximum Gasteiger partial charge on any atom is 0.142 e. The lowest BCUT2D eigenvalue weighted by Gasteiger charge is -2.12. The van der Waals surface area contributed by atoms with Crippen LogP contribution in [0.2, 0.25) is 10.0 Å². The van der Waals surface area contributed by atoms with Crippen molar-refractivity contribution in [3.05, 3.63) is 81.8 Å². The zero-order valence-corrected chi connectivity index (χ0v) is 18.8. The monoisotopic (exact) mass is 440 g/mol. The molecule has 148 valence electrons. The Bertz CT molecular complexity index is 1150. The summed E-state index contributed by atoms with van der Waals surface area (Å²) in [5.41, 5.74) is 5.46. The van der Waals surface area contributed by atoms with Gasteiger partial charge in [0.25, 0.3) is 0 Å². The third-order valence-electron chi connectivity index (χ3n) is 4.83. The molecule has 0 unspecified atom stereocenters. The van der Waals surface area contributed by atoms with E-state index in [-0.39, 0.29) is 0 Å². The predicted molar refractivity (Wildman–Crippen MR) is 126 cm³/mol. The summed E-state index contributed by atoms with van der Waals surface area (Å²) in [7, 11) is 0. The van der Waals surface area contributed by atoms with Crippen LogP contribution in [0.1, 0.15) is 24.5 Å². The quantitative estimate of drug-likeness (QED) is 0.283. The number of nitrogens with zero attached hydrogens (tertiary/aromatic N) is 2. The summed E-state index contributed by atoms with van der Waals surface area (Å²) in [5.74, 6) is 1.97. The number of halogens is 2. The number of hydrogen-bond acceptors (Lipinski definition) is 2. The van der Waals surface area contributed by atoms with Gasteiger partial charge < -0.3 is 4.57 Å². The molecular weight excluding hydrogens is 419 g/mol. The standard InChI is InChI=1S/C24H22Cl2N2S/c1-3-12-29-19-9-11-22-23(14-19)28(15-17-6-4-16(2)5-7-17)24(27-22)20-10-8-18(25)13-21(20)26/h4-11,13-14H,3,12,15H2,1-2H3. The molecule has 1 aromatic heterocycles. The highest BCUT2D eigenvalue weighted by Crippen LogP contribution is 2.34. The van der Waals surface area contributed by atoms with E-state index in [0.29, 0.717) is 10.0 Å². The number of rotatable bonds is 6. The molecule has 3 aromatic carbocycles. The highest BCUT2D eigenvalue weighted by molar-refractivity contribution is 7.99. The molecule has 2 nitrogen and oxygen atoms in total. The highest BCUT2D eigenvalue weighted by Gasteiger charge is 2.16. The summed E-state index contributed by atoms with van der Waals surface area (Å²) in [6.45, 7) is 5.04. The van der Waals surface area contributed by atoms with Crippen LogP contribution in [0.25, 0.3) is 22.4 Å². The summed E-state index contributed by atoms with van der Waals surface area (Å²) < 4.78 is 2.26. The van der Waals surface area contributed by atoms with E-state index < -0.39 is 0 Å². The lowest BCUT2D eigenvalue weighted by atomic mass is 10.1. The Balaban J connectivity index is 1.87. The summed E-state index contributed by atoms with van der Waals surface area (Å²) in [6.07, 6.45) is 1.15. The maximum atomic E-state index is 6.55. The van der Waals surface area contributed by atoms with Gasteiger partial charge in [-0.15, -0.1) is 11.8 Å². The van der Waals surface area contributed by atoms with Crippen LogP contribution in [0.15, 0.2) is 65.6 Å². The molecule has 5 heteroatoms. The minimum Gasteiger partial charge on any atom is -0.319 e. The topological polar surface area (TPSA) is 17.8 Å². The molecule has 0 saturated heterocycles. The summed E-state index contributed by atoms with van der Waals surface area (Å²) in [4.78, 5) is 6.20. The molecule has 0 radical (unpaired) electrons. The Morgan fingerprint density at radius 1 is 0.966 bits per heavy atom. The summed E-state index contributed by atoms with van der Waals surface area (Å²) in [6, 6.07) is 20.7. The average molecular weight is 441 g/mol. The lowest BCUT2D eigenvalue weighted by Crippen LogP contribution is -2.03. The minimum absolute atomic E-state index is 0.610. The highest BCUT2D eigenvalue weighted by atomic mass is 35.5. The molecule has 4 aromatic rings. The summed E-state index contributed by atoms with van der Waals surface area (Å²) >= 11 is 14.5. The van der Waals surface area contributed by atoms with E-state index in [9.17, 15) is 0 Å². The van der Waals surface area contributed by atoms with E-state index >= 15 is 0 Å². The number of fused-ring (bicyclic) bond motifs is 1. The van der Waals surface area contributed by atoms with E-state index in [1.54, 1.807) is 6.07 Å². The average Bonchev–Trinajstić information content (AvgIpc) is 3.05. The fourth-order valence-electron chi connectivity index (χ4n) is 3.32. The Morgan fingerprint density at radius 3 is 2.48 bits per heavy atom. The van der Waals surface area contributed by atoms with Crippen molar-refractivity contribution >= 4 is 46.0 Å². The van der Waals surface area contributed by atoms with Crippen LogP contribution in [-0.2, 0) is 6.54 Å². The van der Waals surface area contributed by atoms with Crippen LogP contribution in [-0.4, -0.2) is 15.3 Å². The number of benzene rings is 3. The van der Waals surface area contributed by atoms with Gasteiger partial charge in [0.05, 0.1) is 16.1 Å². The molecule has 0 bridgehead atoms. The first-order chi connectivity index (χ1) is 14.0. The summed E-state index contributed by atoms with van der Waals surface area (Å²) in [5, 5.41) is 1.23. The van der Waals surface area contributed by atoms with Crippen molar-refractivity contribution in [1.29, 1.82) is 0 Å². The number of hydrogen-bond donors (Lipinski definition) is 0. The Kier molecular flexibility index (Phi) is 6.19. The Morgan fingerprint density at radius 2 is 1.76 bits per heavy atom. The van der Waals surface area contributed by atoms with Crippen molar-refractivity contribution in [2.75, 3.05) is 5.75 Å². The first kappa shape index (κ1) is 20.3. The number of aryl methyl sites for hydroxylation is 1. The van der Waals surface area contributed by atoms with Crippen molar-refractivity contribution in [1.82, 2.24) is 9.55 Å². The molecule has 0 aliphatic carbocycles. The molecule has 0 atom stereocenters. The smallest absolute Gasteiger partial charge is 0.142 e. The molecule has 0 aliphatic heterocycles. The van der Waals surface area contributed by atoms with Gasteiger partial charge in [-0.25, -0.2) is 4.98 Å². The Hall–Kier alpha value is -1.94. The Labute approximate surface area is 185 Å². The first-order valence-electron chi connectivity index (χ1n) is 9.69. The lowest BCUT2D eigenvalue weighted by molar-refractivity contribution is 0.833. The predicted octanol–water partition coefficient (Wildman–Crippen LogP) is 7.87. The minimum atomic E-state index is 0.610.